The standard InChI is InChI=1S/C14H27N3O5Si.C7H13N2O.C7H15NO4Si.C4H6N2.C3H7ClO.2ClH/c1-16-9-10-17(13-16)8-6-11-22-14(18)15-7-5-12-23(19-2,20-3)21-4;1-8-4-5-9(7-8)3-2-6-10;1-9-13(10-2,11-3)6-4-5-12-7-8;1-6-3-2-5-4-6;4-2-1-3-5;;/h9-10,13H,5-8,11-12H2,1-4H3;4-5,7,10H,2-3,6H2,1H3;4-6H2,1-3H3;2-4H,1H3;5H,1-3H2;2*1H/q;+1;;;;;/p-1. The minimum absolute atomic E-state index is 0. The van der Waals surface area contributed by atoms with E-state index in [0.29, 0.717) is 57.0 Å². The largest absolute Gasteiger partial charge is 1.00 e. The molecule has 0 spiro atoms. The molecular weight excluding hydrogens is 871 g/mol. The van der Waals surface area contributed by atoms with Gasteiger partial charge in [0.05, 0.1) is 40.1 Å². The summed E-state index contributed by atoms with van der Waals surface area (Å²) in [6.07, 6.45) is 22.2. The van der Waals surface area contributed by atoms with Crippen LogP contribution in [-0.4, -0.2) is 134 Å². The van der Waals surface area contributed by atoms with E-state index in [4.69, 9.17) is 58.4 Å². The van der Waals surface area contributed by atoms with E-state index in [1.165, 1.54) is 0 Å². The van der Waals surface area contributed by atoms with Gasteiger partial charge in [0, 0.05) is 113 Å². The van der Waals surface area contributed by atoms with Crippen molar-refractivity contribution >= 4 is 35.3 Å². The Hall–Kier alpha value is -2.83. The Morgan fingerprint density at radius 1 is 0.780 bits per heavy atom. The quantitative estimate of drug-likeness (QED) is 0.0275. The lowest BCUT2D eigenvalue weighted by Crippen LogP contribution is -3.00. The zero-order chi connectivity index (χ0) is 43.2. The number of aliphatic hydroxyl groups is 2. The van der Waals surface area contributed by atoms with Crippen molar-refractivity contribution in [2.24, 2.45) is 21.1 Å². The molecule has 0 unspecified atom stereocenters. The van der Waals surface area contributed by atoms with Crippen LogP contribution < -0.4 is 39.3 Å². The van der Waals surface area contributed by atoms with E-state index < -0.39 is 23.7 Å². The predicted octanol–water partition coefficient (Wildman–Crippen LogP) is -3.82. The molecule has 3 rings (SSSR count). The molecule has 0 atom stereocenters. The second-order valence-electron chi connectivity index (χ2n) is 11.9. The van der Waals surface area contributed by atoms with Crippen molar-refractivity contribution in [1.82, 2.24) is 24.0 Å². The Labute approximate surface area is 370 Å². The van der Waals surface area contributed by atoms with Gasteiger partial charge in [0.25, 0.3) is 6.26 Å². The summed E-state index contributed by atoms with van der Waals surface area (Å²) >= 11 is 5.14. The number of nitriles is 1. The molecule has 3 aromatic rings. The summed E-state index contributed by atoms with van der Waals surface area (Å²) in [7, 11) is 10.3. The van der Waals surface area contributed by atoms with Gasteiger partial charge >= 0.3 is 23.7 Å². The molecule has 0 aromatic carbocycles. The molecule has 19 nitrogen and oxygen atoms in total. The maximum Gasteiger partial charge on any atom is 0.500 e. The summed E-state index contributed by atoms with van der Waals surface area (Å²) in [5.74, 6) is 0.566. The molecule has 0 saturated carbocycles. The molecular formula is C35H69Cl3N8O11Si2. The number of halogens is 3. The molecule has 0 aliphatic carbocycles. The van der Waals surface area contributed by atoms with E-state index in [1.54, 1.807) is 61.4 Å². The number of amides is 1. The fourth-order valence-electron chi connectivity index (χ4n) is 4.38. The highest BCUT2D eigenvalue weighted by molar-refractivity contribution is 6.60. The number of alkyl carbamates (subject to hydrolysis) is 1. The highest BCUT2D eigenvalue weighted by Crippen LogP contribution is 2.15. The molecule has 1 amide bonds. The molecule has 0 aliphatic rings. The lowest BCUT2D eigenvalue weighted by Gasteiger charge is -2.24. The number of carbonyl (C=O) groups excluding carboxylic acids is 1. The Morgan fingerprint density at radius 3 is 1.61 bits per heavy atom. The van der Waals surface area contributed by atoms with Crippen LogP contribution in [-0.2, 0) is 70.3 Å². The van der Waals surface area contributed by atoms with Gasteiger partial charge < -0.3 is 80.9 Å². The van der Waals surface area contributed by atoms with E-state index in [2.05, 4.69) is 19.6 Å². The summed E-state index contributed by atoms with van der Waals surface area (Å²) in [4.78, 5) is 15.3. The Kier molecular flexibility index (Phi) is 44.6. The third kappa shape index (κ3) is 33.6. The van der Waals surface area contributed by atoms with Crippen molar-refractivity contribution in [3.8, 4) is 6.26 Å². The number of hydrogen-bond donors (Lipinski definition) is 3. The maximum atomic E-state index is 11.6. The van der Waals surface area contributed by atoms with E-state index in [0.717, 1.165) is 25.9 Å². The number of carbonyl (C=O) groups is 1. The molecule has 59 heavy (non-hydrogen) atoms. The molecule has 344 valence electrons. The van der Waals surface area contributed by atoms with Gasteiger partial charge in [-0.15, -0.1) is 11.6 Å². The molecule has 3 N–H and O–H groups in total. The highest BCUT2D eigenvalue weighted by Gasteiger charge is 2.37. The number of alkyl halides is 1. The van der Waals surface area contributed by atoms with Crippen molar-refractivity contribution in [2.75, 3.05) is 81.5 Å². The summed E-state index contributed by atoms with van der Waals surface area (Å²) in [5.41, 5.74) is 0. The predicted molar refractivity (Wildman–Crippen MR) is 216 cm³/mol. The number of aryl methyl sites for hydroxylation is 5. The number of aliphatic hydroxyl groups excluding tert-OH is 2. The first-order valence-corrected chi connectivity index (χ1v) is 22.8. The Bertz CT molecular complexity index is 1370. The van der Waals surface area contributed by atoms with Crippen LogP contribution in [0.15, 0.2) is 56.2 Å². The molecule has 3 aromatic heterocycles. The average molecular weight is 941 g/mol. The molecule has 0 aliphatic heterocycles. The van der Waals surface area contributed by atoms with Crippen LogP contribution in [0.3, 0.4) is 0 Å². The number of nitrogens with one attached hydrogen (secondary N) is 1. The molecule has 0 bridgehead atoms. The van der Waals surface area contributed by atoms with Crippen LogP contribution in [0.4, 0.5) is 4.79 Å². The van der Waals surface area contributed by atoms with E-state index >= 15 is 0 Å². The van der Waals surface area contributed by atoms with Crippen molar-refractivity contribution < 1.29 is 85.0 Å². The van der Waals surface area contributed by atoms with Crippen molar-refractivity contribution in [3.05, 3.63) is 56.2 Å². The summed E-state index contributed by atoms with van der Waals surface area (Å²) in [5, 5.41) is 27.3. The van der Waals surface area contributed by atoms with E-state index in [-0.39, 0.29) is 38.0 Å². The molecule has 24 heteroatoms. The fraction of sp³-hybridized carbons (Fsp3) is 0.686. The summed E-state index contributed by atoms with van der Waals surface area (Å²) in [6, 6.07) is 1.29. The van der Waals surface area contributed by atoms with Crippen LogP contribution >= 0.6 is 11.6 Å². The van der Waals surface area contributed by atoms with Gasteiger partial charge in [-0.25, -0.2) is 28.0 Å². The van der Waals surface area contributed by atoms with Gasteiger partial charge in [-0.3, -0.25) is 0 Å². The zero-order valence-corrected chi connectivity index (χ0v) is 40.4. The third-order valence-corrected chi connectivity index (χ3v) is 13.5. The normalized spacial score (nSPS) is 10.2. The van der Waals surface area contributed by atoms with Crippen LogP contribution in [0.5, 0.6) is 0 Å². The van der Waals surface area contributed by atoms with Crippen LogP contribution in [0.2, 0.25) is 12.1 Å². The number of imidazole rings is 3. The van der Waals surface area contributed by atoms with Crippen LogP contribution in [0.25, 0.3) is 0 Å². The highest BCUT2D eigenvalue weighted by atomic mass is 35.5. The molecule has 0 saturated heterocycles. The van der Waals surface area contributed by atoms with Gasteiger partial charge in [-0.2, -0.15) is 5.26 Å². The van der Waals surface area contributed by atoms with Crippen LogP contribution in [0.1, 0.15) is 32.1 Å². The number of ether oxygens (including phenoxy) is 2. The van der Waals surface area contributed by atoms with Crippen molar-refractivity contribution in [3.63, 3.8) is 0 Å². The monoisotopic (exact) mass is 938 g/mol. The lowest BCUT2D eigenvalue weighted by molar-refractivity contribution is -0.671. The molecule has 3 heterocycles. The van der Waals surface area contributed by atoms with Gasteiger partial charge in [-0.1, -0.05) is 0 Å². The fourth-order valence-corrected chi connectivity index (χ4v) is 7.92. The van der Waals surface area contributed by atoms with Gasteiger partial charge in [0.1, 0.15) is 31.4 Å². The number of rotatable bonds is 23. The first kappa shape index (κ1) is 62.8. The topological polar surface area (TPSA) is 203 Å². The van der Waals surface area contributed by atoms with Gasteiger partial charge in [0.15, 0.2) is 0 Å². The minimum Gasteiger partial charge on any atom is -1.00 e. The SMILES string of the molecule is CO[Si](CCCNC(=O)OCCCn1cc[n+](C)c1)(OC)OC.CO[Si](CCCOC#N)(OC)OC.C[n+]1ccn(CCCO)c1.Cn1ccnc1.OCCCCl.[Cl-].[Cl-]. The second kappa shape index (κ2) is 41.9. The lowest BCUT2D eigenvalue weighted by atomic mass is 10.4. The van der Waals surface area contributed by atoms with Gasteiger partial charge in [0.2, 0.25) is 12.7 Å². The van der Waals surface area contributed by atoms with Crippen molar-refractivity contribution in [1.29, 1.82) is 5.26 Å². The molecule has 0 radical (unpaired) electrons. The third-order valence-electron chi connectivity index (χ3n) is 7.53. The first-order valence-electron chi connectivity index (χ1n) is 18.4. The minimum atomic E-state index is -2.55. The maximum absolute atomic E-state index is 11.6. The Morgan fingerprint density at radius 2 is 1.27 bits per heavy atom. The zero-order valence-electron chi connectivity index (χ0n) is 36.1. The number of nitrogens with zero attached hydrogens (tertiary/aromatic N) is 7. The van der Waals surface area contributed by atoms with E-state index in [9.17, 15) is 4.79 Å². The van der Waals surface area contributed by atoms with Crippen LogP contribution in [0, 0.1) is 11.5 Å². The molecule has 0 fully saturated rings. The number of aromatic nitrogens is 6. The Balaban J connectivity index is -0.000000355. The number of hydrogen-bond acceptors (Lipinski definition) is 13. The summed E-state index contributed by atoms with van der Waals surface area (Å²) < 4.78 is 51.0. The summed E-state index contributed by atoms with van der Waals surface area (Å²) in [6.45, 7) is 3.46. The first-order chi connectivity index (χ1) is 27.4. The average Bonchev–Trinajstić information content (AvgIpc) is 4.00. The van der Waals surface area contributed by atoms with E-state index in [1.807, 2.05) is 83.1 Å². The smallest absolute Gasteiger partial charge is 0.500 e. The second-order valence-corrected chi connectivity index (χ2v) is 18.4. The van der Waals surface area contributed by atoms with Crippen molar-refractivity contribution in [2.45, 2.75) is 57.3 Å². The van der Waals surface area contributed by atoms with Gasteiger partial charge in [-0.05, 0) is 19.3 Å².